The molecule has 0 unspecified atom stereocenters. The summed E-state index contributed by atoms with van der Waals surface area (Å²) >= 11 is 9.31. The van der Waals surface area contributed by atoms with E-state index in [-0.39, 0.29) is 12.3 Å². The molecule has 0 amide bonds. The van der Waals surface area contributed by atoms with Gasteiger partial charge >= 0.3 is 0 Å². The molecule has 0 aliphatic carbocycles. The molecule has 2 rings (SSSR count). The van der Waals surface area contributed by atoms with Crippen LogP contribution >= 0.6 is 27.5 Å². The fraction of sp³-hybridized carbons (Fsp3) is 0.0769. The standard InChI is InChI=1S/C13H10BrClN2O3/c14-9-1-3-11(15)13(6-9)20-7-8-5-10(17(18)19)2-4-12(8)16/h1-6H,7,16H2. The summed E-state index contributed by atoms with van der Waals surface area (Å²) in [5.74, 6) is 0.479. The van der Waals surface area contributed by atoms with Gasteiger partial charge in [-0.3, -0.25) is 10.1 Å². The third-order valence-corrected chi connectivity index (χ3v) is 3.42. The lowest BCUT2D eigenvalue weighted by molar-refractivity contribution is -0.384. The maximum Gasteiger partial charge on any atom is 0.269 e. The number of benzene rings is 2. The average Bonchev–Trinajstić information content (AvgIpc) is 2.41. The minimum absolute atomic E-state index is 0.0295. The largest absolute Gasteiger partial charge is 0.487 e. The number of anilines is 1. The second-order valence-corrected chi connectivity index (χ2v) is 5.33. The molecule has 0 aliphatic heterocycles. The van der Waals surface area contributed by atoms with Gasteiger partial charge in [-0.25, -0.2) is 0 Å². The summed E-state index contributed by atoms with van der Waals surface area (Å²) in [6, 6.07) is 9.43. The molecule has 0 fully saturated rings. The number of nitrogens with two attached hydrogens (primary N) is 1. The van der Waals surface area contributed by atoms with Crippen LogP contribution in [-0.4, -0.2) is 4.92 Å². The number of hydrogen-bond acceptors (Lipinski definition) is 4. The number of halogens is 2. The average molecular weight is 358 g/mol. The molecule has 0 aliphatic rings. The van der Waals surface area contributed by atoms with Crippen LogP contribution in [-0.2, 0) is 6.61 Å². The van der Waals surface area contributed by atoms with E-state index < -0.39 is 4.92 Å². The highest BCUT2D eigenvalue weighted by molar-refractivity contribution is 9.10. The van der Waals surface area contributed by atoms with E-state index in [0.29, 0.717) is 22.0 Å². The summed E-state index contributed by atoms with van der Waals surface area (Å²) in [5.41, 5.74) is 6.72. The molecule has 0 saturated carbocycles. The number of ether oxygens (including phenoxy) is 1. The van der Waals surface area contributed by atoms with Gasteiger partial charge in [0.25, 0.3) is 5.69 Å². The first kappa shape index (κ1) is 14.6. The Morgan fingerprint density at radius 3 is 2.75 bits per heavy atom. The number of hydrogen-bond donors (Lipinski definition) is 1. The molecule has 0 bridgehead atoms. The van der Waals surface area contributed by atoms with E-state index in [1.807, 2.05) is 0 Å². The van der Waals surface area contributed by atoms with E-state index in [0.717, 1.165) is 4.47 Å². The van der Waals surface area contributed by atoms with Crippen molar-refractivity contribution in [1.82, 2.24) is 0 Å². The van der Waals surface area contributed by atoms with Gasteiger partial charge in [-0.05, 0) is 24.3 Å². The van der Waals surface area contributed by atoms with Crippen LogP contribution in [0, 0.1) is 10.1 Å². The molecule has 104 valence electrons. The summed E-state index contributed by atoms with van der Waals surface area (Å²) in [6.45, 7) is 0.101. The van der Waals surface area contributed by atoms with Crippen molar-refractivity contribution in [3.05, 3.63) is 61.6 Å². The highest BCUT2D eigenvalue weighted by Gasteiger charge is 2.10. The zero-order chi connectivity index (χ0) is 14.7. The molecule has 0 radical (unpaired) electrons. The van der Waals surface area contributed by atoms with Crippen LogP contribution in [0.15, 0.2) is 40.9 Å². The monoisotopic (exact) mass is 356 g/mol. The van der Waals surface area contributed by atoms with Crippen molar-refractivity contribution in [3.8, 4) is 5.75 Å². The van der Waals surface area contributed by atoms with Crippen molar-refractivity contribution in [2.24, 2.45) is 0 Å². The van der Waals surface area contributed by atoms with Gasteiger partial charge < -0.3 is 10.5 Å². The lowest BCUT2D eigenvalue weighted by Gasteiger charge is -2.10. The SMILES string of the molecule is Nc1ccc([N+](=O)[O-])cc1COc1cc(Br)ccc1Cl. The van der Waals surface area contributed by atoms with Gasteiger partial charge in [-0.1, -0.05) is 27.5 Å². The van der Waals surface area contributed by atoms with Gasteiger partial charge in [-0.15, -0.1) is 0 Å². The second-order valence-electron chi connectivity index (χ2n) is 4.00. The summed E-state index contributed by atoms with van der Waals surface area (Å²) in [6.07, 6.45) is 0. The second kappa shape index (κ2) is 6.11. The lowest BCUT2D eigenvalue weighted by Crippen LogP contribution is -2.02. The van der Waals surface area contributed by atoms with Crippen molar-refractivity contribution < 1.29 is 9.66 Å². The van der Waals surface area contributed by atoms with Crippen LogP contribution in [0.3, 0.4) is 0 Å². The molecular formula is C13H10BrClN2O3. The third-order valence-electron chi connectivity index (χ3n) is 2.61. The predicted octanol–water partition coefficient (Wildman–Crippen LogP) is 4.17. The number of nitrogen functional groups attached to an aromatic ring is 1. The normalized spacial score (nSPS) is 10.3. The molecule has 0 heterocycles. The number of nitrogens with zero attached hydrogens (tertiary/aromatic N) is 1. The van der Waals surface area contributed by atoms with Gasteiger partial charge in [0.15, 0.2) is 0 Å². The summed E-state index contributed by atoms with van der Waals surface area (Å²) < 4.78 is 6.38. The quantitative estimate of drug-likeness (QED) is 0.506. The minimum Gasteiger partial charge on any atom is -0.487 e. The zero-order valence-corrected chi connectivity index (χ0v) is 12.5. The first-order valence-electron chi connectivity index (χ1n) is 5.58. The Morgan fingerprint density at radius 2 is 2.05 bits per heavy atom. The third kappa shape index (κ3) is 3.40. The fourth-order valence-corrected chi connectivity index (χ4v) is 2.09. The Bertz CT molecular complexity index is 664. The topological polar surface area (TPSA) is 78.4 Å². The van der Waals surface area contributed by atoms with Gasteiger partial charge in [-0.2, -0.15) is 0 Å². The smallest absolute Gasteiger partial charge is 0.269 e. The van der Waals surface area contributed by atoms with E-state index in [1.165, 1.54) is 18.2 Å². The molecule has 20 heavy (non-hydrogen) atoms. The molecule has 0 atom stereocenters. The van der Waals surface area contributed by atoms with Crippen LogP contribution < -0.4 is 10.5 Å². The molecule has 2 aromatic rings. The molecule has 0 spiro atoms. The van der Waals surface area contributed by atoms with Crippen LogP contribution in [0.4, 0.5) is 11.4 Å². The summed E-state index contributed by atoms with van der Waals surface area (Å²) in [5, 5.41) is 11.2. The Morgan fingerprint density at radius 1 is 1.30 bits per heavy atom. The molecule has 0 saturated heterocycles. The van der Waals surface area contributed by atoms with Gasteiger partial charge in [0, 0.05) is 27.9 Å². The van der Waals surface area contributed by atoms with E-state index >= 15 is 0 Å². The molecular weight excluding hydrogens is 348 g/mol. The first-order valence-corrected chi connectivity index (χ1v) is 6.75. The van der Waals surface area contributed by atoms with E-state index in [2.05, 4.69) is 15.9 Å². The number of rotatable bonds is 4. The van der Waals surface area contributed by atoms with Crippen LogP contribution in [0.2, 0.25) is 5.02 Å². The zero-order valence-electron chi connectivity index (χ0n) is 10.2. The Balaban J connectivity index is 2.20. The lowest BCUT2D eigenvalue weighted by atomic mass is 10.1. The van der Waals surface area contributed by atoms with Crippen LogP contribution in [0.25, 0.3) is 0 Å². The van der Waals surface area contributed by atoms with E-state index in [4.69, 9.17) is 22.1 Å². The van der Waals surface area contributed by atoms with Crippen LogP contribution in [0.1, 0.15) is 5.56 Å². The molecule has 5 nitrogen and oxygen atoms in total. The molecule has 0 aromatic heterocycles. The summed E-state index contributed by atoms with van der Waals surface area (Å²) in [7, 11) is 0. The minimum atomic E-state index is -0.477. The van der Waals surface area contributed by atoms with E-state index in [9.17, 15) is 10.1 Å². The maximum absolute atomic E-state index is 10.7. The summed E-state index contributed by atoms with van der Waals surface area (Å²) in [4.78, 5) is 10.3. The van der Waals surface area contributed by atoms with Crippen molar-refractivity contribution in [2.45, 2.75) is 6.61 Å². The van der Waals surface area contributed by atoms with Gasteiger partial charge in [0.2, 0.25) is 0 Å². The fourth-order valence-electron chi connectivity index (χ4n) is 1.57. The van der Waals surface area contributed by atoms with Crippen LogP contribution in [0.5, 0.6) is 5.75 Å². The number of nitro benzene ring substituents is 1. The first-order chi connectivity index (χ1) is 9.47. The molecule has 7 heteroatoms. The number of nitro groups is 1. The van der Waals surface area contributed by atoms with Crippen molar-refractivity contribution in [3.63, 3.8) is 0 Å². The Kier molecular flexibility index (Phi) is 4.46. The highest BCUT2D eigenvalue weighted by atomic mass is 79.9. The molecule has 2 aromatic carbocycles. The van der Waals surface area contributed by atoms with E-state index in [1.54, 1.807) is 18.2 Å². The maximum atomic E-state index is 10.7. The highest BCUT2D eigenvalue weighted by Crippen LogP contribution is 2.29. The van der Waals surface area contributed by atoms with Crippen molar-refractivity contribution in [2.75, 3.05) is 5.73 Å². The predicted molar refractivity (Wildman–Crippen MR) is 81.0 cm³/mol. The van der Waals surface area contributed by atoms with Crippen molar-refractivity contribution >= 4 is 38.9 Å². The Hall–Kier alpha value is -1.79. The van der Waals surface area contributed by atoms with Gasteiger partial charge in [0.1, 0.15) is 12.4 Å². The Labute approximate surface area is 128 Å². The molecule has 2 N–H and O–H groups in total. The number of non-ortho nitro benzene ring substituents is 1. The van der Waals surface area contributed by atoms with Gasteiger partial charge in [0.05, 0.1) is 9.95 Å². The van der Waals surface area contributed by atoms with Crippen molar-refractivity contribution in [1.29, 1.82) is 0 Å².